The Labute approximate surface area is 132 Å². The molecule has 1 aromatic carbocycles. The van der Waals surface area contributed by atoms with Crippen LogP contribution >= 0.6 is 0 Å². The largest absolute Gasteiger partial charge is 0.354 e. The van der Waals surface area contributed by atoms with Gasteiger partial charge in [0.15, 0.2) is 0 Å². The van der Waals surface area contributed by atoms with Gasteiger partial charge in [0.2, 0.25) is 15.9 Å². The van der Waals surface area contributed by atoms with Gasteiger partial charge in [-0.3, -0.25) is 4.79 Å². The molecular formula is C15H25N3O3S. The SMILES string of the molecule is CCN(CCCNC(=O)C(C)(N)c1ccccc1)S(C)(=O)=O. The summed E-state index contributed by atoms with van der Waals surface area (Å²) in [6, 6.07) is 9.14. The minimum Gasteiger partial charge on any atom is -0.354 e. The van der Waals surface area contributed by atoms with E-state index in [2.05, 4.69) is 5.32 Å². The van der Waals surface area contributed by atoms with Crippen molar-refractivity contribution in [3.05, 3.63) is 35.9 Å². The number of sulfonamides is 1. The van der Waals surface area contributed by atoms with Gasteiger partial charge in [-0.1, -0.05) is 37.3 Å². The third-order valence-corrected chi connectivity index (χ3v) is 4.92. The van der Waals surface area contributed by atoms with E-state index in [4.69, 9.17) is 5.73 Å². The Morgan fingerprint density at radius 1 is 1.32 bits per heavy atom. The molecule has 22 heavy (non-hydrogen) atoms. The first-order valence-corrected chi connectivity index (χ1v) is 9.12. The van der Waals surface area contributed by atoms with Crippen LogP contribution in [0, 0.1) is 0 Å². The van der Waals surface area contributed by atoms with Gasteiger partial charge in [-0.2, -0.15) is 0 Å². The summed E-state index contributed by atoms with van der Waals surface area (Å²) in [6.07, 6.45) is 1.72. The second kappa shape index (κ2) is 7.71. The summed E-state index contributed by atoms with van der Waals surface area (Å²) in [5.41, 5.74) is 5.73. The number of amides is 1. The van der Waals surface area contributed by atoms with Gasteiger partial charge in [0.05, 0.1) is 6.26 Å². The predicted molar refractivity (Wildman–Crippen MR) is 87.7 cm³/mol. The molecule has 0 aliphatic carbocycles. The van der Waals surface area contributed by atoms with E-state index in [1.165, 1.54) is 10.6 Å². The first-order valence-electron chi connectivity index (χ1n) is 7.27. The summed E-state index contributed by atoms with van der Waals surface area (Å²) in [6.45, 7) is 4.62. The highest BCUT2D eigenvalue weighted by Crippen LogP contribution is 2.17. The minimum atomic E-state index is -3.19. The minimum absolute atomic E-state index is 0.277. The number of hydrogen-bond donors (Lipinski definition) is 2. The number of carbonyl (C=O) groups excluding carboxylic acids is 1. The Balaban J connectivity index is 2.50. The van der Waals surface area contributed by atoms with Crippen LogP contribution in [0.4, 0.5) is 0 Å². The van der Waals surface area contributed by atoms with Crippen LogP contribution in [-0.2, 0) is 20.4 Å². The number of benzene rings is 1. The van der Waals surface area contributed by atoms with Crippen LogP contribution in [0.25, 0.3) is 0 Å². The van der Waals surface area contributed by atoms with E-state index in [-0.39, 0.29) is 5.91 Å². The van der Waals surface area contributed by atoms with E-state index in [1.54, 1.807) is 13.8 Å². The molecule has 0 heterocycles. The molecule has 0 bridgehead atoms. The maximum absolute atomic E-state index is 12.2. The van der Waals surface area contributed by atoms with Gasteiger partial charge < -0.3 is 11.1 Å². The molecule has 124 valence electrons. The van der Waals surface area contributed by atoms with E-state index in [1.807, 2.05) is 30.3 Å². The number of carbonyl (C=O) groups is 1. The zero-order chi connectivity index (χ0) is 16.8. The highest BCUT2D eigenvalue weighted by molar-refractivity contribution is 7.88. The third kappa shape index (κ3) is 5.08. The Morgan fingerprint density at radius 3 is 2.41 bits per heavy atom. The van der Waals surface area contributed by atoms with Crippen LogP contribution in [0.15, 0.2) is 30.3 Å². The van der Waals surface area contributed by atoms with Crippen molar-refractivity contribution in [3.8, 4) is 0 Å². The molecule has 0 aromatic heterocycles. The lowest BCUT2D eigenvalue weighted by Crippen LogP contribution is -2.49. The molecule has 1 unspecified atom stereocenters. The third-order valence-electron chi connectivity index (χ3n) is 3.54. The van der Waals surface area contributed by atoms with E-state index < -0.39 is 15.6 Å². The van der Waals surface area contributed by atoms with Crippen LogP contribution in [0.5, 0.6) is 0 Å². The van der Waals surface area contributed by atoms with Crippen molar-refractivity contribution >= 4 is 15.9 Å². The molecule has 3 N–H and O–H groups in total. The van der Waals surface area contributed by atoms with Crippen LogP contribution in [-0.4, -0.2) is 44.5 Å². The fraction of sp³-hybridized carbons (Fsp3) is 0.533. The molecule has 1 amide bonds. The van der Waals surface area contributed by atoms with Crippen molar-refractivity contribution in [3.63, 3.8) is 0 Å². The standard InChI is InChI=1S/C15H25N3O3S/c1-4-18(22(3,20)21)12-8-11-17-14(19)15(2,16)13-9-6-5-7-10-13/h5-7,9-10H,4,8,11-12,16H2,1-3H3,(H,17,19). The molecule has 0 radical (unpaired) electrons. The molecule has 1 atom stereocenters. The molecular weight excluding hydrogens is 302 g/mol. The number of rotatable bonds is 8. The van der Waals surface area contributed by atoms with Gasteiger partial charge in [-0.15, -0.1) is 0 Å². The van der Waals surface area contributed by atoms with Crippen LogP contribution in [0.3, 0.4) is 0 Å². The van der Waals surface area contributed by atoms with Crippen LogP contribution in [0.2, 0.25) is 0 Å². The molecule has 0 saturated carbocycles. The molecule has 0 saturated heterocycles. The highest BCUT2D eigenvalue weighted by Gasteiger charge is 2.29. The molecule has 1 aromatic rings. The fourth-order valence-electron chi connectivity index (χ4n) is 2.11. The number of nitrogens with two attached hydrogens (primary N) is 1. The van der Waals surface area contributed by atoms with Gasteiger partial charge in [0, 0.05) is 19.6 Å². The van der Waals surface area contributed by atoms with Gasteiger partial charge in [0.25, 0.3) is 0 Å². The van der Waals surface area contributed by atoms with Crippen molar-refractivity contribution < 1.29 is 13.2 Å². The van der Waals surface area contributed by atoms with Gasteiger partial charge in [-0.25, -0.2) is 12.7 Å². The van der Waals surface area contributed by atoms with Gasteiger partial charge in [-0.05, 0) is 18.9 Å². The second-order valence-electron chi connectivity index (χ2n) is 5.43. The Hall–Kier alpha value is -1.44. The zero-order valence-corrected chi connectivity index (χ0v) is 14.2. The van der Waals surface area contributed by atoms with E-state index in [0.29, 0.717) is 26.1 Å². The van der Waals surface area contributed by atoms with Crippen molar-refractivity contribution in [1.29, 1.82) is 0 Å². The molecule has 0 fully saturated rings. The summed E-state index contributed by atoms with van der Waals surface area (Å²) in [4.78, 5) is 12.2. The Bertz CT molecular complexity index is 585. The lowest BCUT2D eigenvalue weighted by atomic mass is 9.92. The monoisotopic (exact) mass is 327 g/mol. The van der Waals surface area contributed by atoms with E-state index >= 15 is 0 Å². The summed E-state index contributed by atoms with van der Waals surface area (Å²) >= 11 is 0. The maximum Gasteiger partial charge on any atom is 0.244 e. The average Bonchev–Trinajstić information content (AvgIpc) is 2.46. The smallest absolute Gasteiger partial charge is 0.244 e. The molecule has 0 spiro atoms. The number of nitrogens with zero attached hydrogens (tertiary/aromatic N) is 1. The average molecular weight is 327 g/mol. The van der Waals surface area contributed by atoms with Crippen molar-refractivity contribution in [2.75, 3.05) is 25.9 Å². The summed E-state index contributed by atoms with van der Waals surface area (Å²) < 4.78 is 24.3. The lowest BCUT2D eigenvalue weighted by Gasteiger charge is -2.24. The van der Waals surface area contributed by atoms with E-state index in [9.17, 15) is 13.2 Å². The lowest BCUT2D eigenvalue weighted by molar-refractivity contribution is -0.126. The second-order valence-corrected chi connectivity index (χ2v) is 7.41. The highest BCUT2D eigenvalue weighted by atomic mass is 32.2. The topological polar surface area (TPSA) is 92.5 Å². The molecule has 1 rings (SSSR count). The summed E-state index contributed by atoms with van der Waals surface area (Å²) in [5.74, 6) is -0.277. The Kier molecular flexibility index (Phi) is 6.52. The summed E-state index contributed by atoms with van der Waals surface area (Å²) in [5, 5.41) is 2.77. The fourth-order valence-corrected chi connectivity index (χ4v) is 3.04. The van der Waals surface area contributed by atoms with Crippen LogP contribution < -0.4 is 11.1 Å². The number of hydrogen-bond acceptors (Lipinski definition) is 4. The van der Waals surface area contributed by atoms with E-state index in [0.717, 1.165) is 5.56 Å². The van der Waals surface area contributed by atoms with Crippen molar-refractivity contribution in [1.82, 2.24) is 9.62 Å². The quantitative estimate of drug-likeness (QED) is 0.686. The van der Waals surface area contributed by atoms with Crippen molar-refractivity contribution in [2.45, 2.75) is 25.8 Å². The van der Waals surface area contributed by atoms with Crippen LogP contribution in [0.1, 0.15) is 25.8 Å². The molecule has 6 nitrogen and oxygen atoms in total. The molecule has 0 aliphatic heterocycles. The maximum atomic E-state index is 12.2. The number of nitrogens with one attached hydrogen (secondary N) is 1. The first kappa shape index (κ1) is 18.6. The summed E-state index contributed by atoms with van der Waals surface area (Å²) in [7, 11) is -3.19. The zero-order valence-electron chi connectivity index (χ0n) is 13.4. The normalized spacial score (nSPS) is 14.6. The molecule has 0 aliphatic rings. The molecule has 7 heteroatoms. The van der Waals surface area contributed by atoms with Gasteiger partial charge >= 0.3 is 0 Å². The first-order chi connectivity index (χ1) is 10.2. The van der Waals surface area contributed by atoms with Crippen molar-refractivity contribution in [2.24, 2.45) is 5.73 Å². The Morgan fingerprint density at radius 2 is 1.91 bits per heavy atom. The predicted octanol–water partition coefficient (Wildman–Crippen LogP) is 0.648. The van der Waals surface area contributed by atoms with Gasteiger partial charge in [0.1, 0.15) is 5.54 Å².